The van der Waals surface area contributed by atoms with Gasteiger partial charge in [-0.1, -0.05) is 13.8 Å². The second kappa shape index (κ2) is 6.57. The zero-order chi connectivity index (χ0) is 13.7. The van der Waals surface area contributed by atoms with Gasteiger partial charge in [-0.15, -0.1) is 0 Å². The molecule has 0 spiro atoms. The lowest BCUT2D eigenvalue weighted by molar-refractivity contribution is -0.115. The summed E-state index contributed by atoms with van der Waals surface area (Å²) in [5.41, 5.74) is 2.12. The third-order valence-corrected chi connectivity index (χ3v) is 3.66. The molecule has 1 aromatic rings. The number of hydrogen-bond acceptors (Lipinski definition) is 3. The fraction of sp³-hybridized carbons (Fsp3) is 0.533. The summed E-state index contributed by atoms with van der Waals surface area (Å²) in [6.07, 6.45) is 0.515. The smallest absolute Gasteiger partial charge is 0.224 e. The van der Waals surface area contributed by atoms with Crippen molar-refractivity contribution in [2.75, 3.05) is 42.9 Å². The van der Waals surface area contributed by atoms with Crippen molar-refractivity contribution in [2.24, 2.45) is 0 Å². The molecule has 4 nitrogen and oxygen atoms in total. The Hall–Kier alpha value is -1.55. The zero-order valence-electron chi connectivity index (χ0n) is 11.9. The van der Waals surface area contributed by atoms with E-state index >= 15 is 0 Å². The monoisotopic (exact) mass is 261 g/mol. The predicted molar refractivity (Wildman–Crippen MR) is 79.7 cm³/mol. The normalized spacial score (nSPS) is 16.4. The van der Waals surface area contributed by atoms with Gasteiger partial charge in [0, 0.05) is 44.0 Å². The van der Waals surface area contributed by atoms with Crippen LogP contribution in [0, 0.1) is 0 Å². The van der Waals surface area contributed by atoms with Gasteiger partial charge in [0.05, 0.1) is 0 Å². The first-order chi connectivity index (χ1) is 9.22. The van der Waals surface area contributed by atoms with Gasteiger partial charge in [-0.05, 0) is 30.8 Å². The van der Waals surface area contributed by atoms with Gasteiger partial charge in [0.15, 0.2) is 0 Å². The van der Waals surface area contributed by atoms with E-state index in [1.165, 1.54) is 5.69 Å². The molecule has 19 heavy (non-hydrogen) atoms. The summed E-state index contributed by atoms with van der Waals surface area (Å²) >= 11 is 0. The van der Waals surface area contributed by atoms with E-state index in [2.05, 4.69) is 34.2 Å². The summed E-state index contributed by atoms with van der Waals surface area (Å²) in [7, 11) is 0. The lowest BCUT2D eigenvalue weighted by Gasteiger charge is -2.35. The van der Waals surface area contributed by atoms with E-state index in [1.54, 1.807) is 0 Å². The molecule has 0 bridgehead atoms. The third kappa shape index (κ3) is 3.70. The van der Waals surface area contributed by atoms with Crippen LogP contribution < -0.4 is 10.2 Å². The Morgan fingerprint density at radius 1 is 1.11 bits per heavy atom. The molecule has 0 aromatic heterocycles. The number of nitrogens with one attached hydrogen (secondary N) is 1. The summed E-state index contributed by atoms with van der Waals surface area (Å²) < 4.78 is 0. The predicted octanol–water partition coefficient (Wildman–Crippen LogP) is 2.18. The topological polar surface area (TPSA) is 35.6 Å². The minimum atomic E-state index is 0.0595. The number of nitrogens with zero attached hydrogens (tertiary/aromatic N) is 2. The Labute approximate surface area is 115 Å². The Morgan fingerprint density at radius 2 is 1.74 bits per heavy atom. The van der Waals surface area contributed by atoms with Crippen LogP contribution in [0.4, 0.5) is 11.4 Å². The van der Waals surface area contributed by atoms with Crippen molar-refractivity contribution in [2.45, 2.75) is 20.3 Å². The van der Waals surface area contributed by atoms with Crippen LogP contribution in [0.15, 0.2) is 24.3 Å². The highest BCUT2D eigenvalue weighted by molar-refractivity contribution is 5.90. The van der Waals surface area contributed by atoms with Gasteiger partial charge < -0.3 is 15.1 Å². The molecule has 0 saturated carbocycles. The van der Waals surface area contributed by atoms with E-state index in [0.717, 1.165) is 38.4 Å². The molecule has 1 aromatic carbocycles. The SMILES string of the molecule is CCC(=O)Nc1ccc(N2CCN(CC)CC2)cc1. The zero-order valence-corrected chi connectivity index (χ0v) is 11.9. The van der Waals surface area contributed by atoms with E-state index in [9.17, 15) is 4.79 Å². The lowest BCUT2D eigenvalue weighted by atomic mass is 10.2. The van der Waals surface area contributed by atoms with Gasteiger partial charge in [0.2, 0.25) is 5.91 Å². The average Bonchev–Trinajstić information content (AvgIpc) is 2.48. The molecule has 0 unspecified atom stereocenters. The maximum Gasteiger partial charge on any atom is 0.224 e. The number of benzene rings is 1. The van der Waals surface area contributed by atoms with Crippen LogP contribution in [-0.2, 0) is 4.79 Å². The molecular weight excluding hydrogens is 238 g/mol. The minimum Gasteiger partial charge on any atom is -0.369 e. The van der Waals surface area contributed by atoms with Crippen LogP contribution >= 0.6 is 0 Å². The summed E-state index contributed by atoms with van der Waals surface area (Å²) in [4.78, 5) is 16.2. The molecule has 2 rings (SSSR count). The van der Waals surface area contributed by atoms with Crippen LogP contribution in [0.25, 0.3) is 0 Å². The van der Waals surface area contributed by atoms with E-state index in [0.29, 0.717) is 6.42 Å². The number of hydrogen-bond donors (Lipinski definition) is 1. The number of carbonyl (C=O) groups excluding carboxylic acids is 1. The highest BCUT2D eigenvalue weighted by atomic mass is 16.1. The van der Waals surface area contributed by atoms with E-state index in [1.807, 2.05) is 19.1 Å². The Bertz CT molecular complexity index is 408. The number of piperazine rings is 1. The average molecular weight is 261 g/mol. The molecule has 1 N–H and O–H groups in total. The Morgan fingerprint density at radius 3 is 2.26 bits per heavy atom. The van der Waals surface area contributed by atoms with E-state index in [-0.39, 0.29) is 5.91 Å². The number of rotatable bonds is 4. The van der Waals surface area contributed by atoms with Gasteiger partial charge in [0.1, 0.15) is 0 Å². The van der Waals surface area contributed by atoms with Crippen LogP contribution in [0.1, 0.15) is 20.3 Å². The maximum atomic E-state index is 11.3. The van der Waals surface area contributed by atoms with Gasteiger partial charge in [-0.2, -0.15) is 0 Å². The Balaban J connectivity index is 1.93. The second-order valence-electron chi connectivity index (χ2n) is 4.87. The van der Waals surface area contributed by atoms with E-state index < -0.39 is 0 Å². The number of likely N-dealkylation sites (N-methyl/N-ethyl adjacent to an activating group) is 1. The molecule has 1 saturated heterocycles. The Kier molecular flexibility index (Phi) is 4.80. The van der Waals surface area contributed by atoms with Crippen LogP contribution in [0.2, 0.25) is 0 Å². The minimum absolute atomic E-state index is 0.0595. The van der Waals surface area contributed by atoms with Crippen molar-refractivity contribution in [1.82, 2.24) is 4.90 Å². The summed E-state index contributed by atoms with van der Waals surface area (Å²) in [5, 5.41) is 2.87. The van der Waals surface area contributed by atoms with Crippen molar-refractivity contribution >= 4 is 17.3 Å². The van der Waals surface area contributed by atoms with Crippen LogP contribution in [0.3, 0.4) is 0 Å². The molecule has 1 amide bonds. The maximum absolute atomic E-state index is 11.3. The first-order valence-electron chi connectivity index (χ1n) is 7.10. The number of amides is 1. The van der Waals surface area contributed by atoms with E-state index in [4.69, 9.17) is 0 Å². The number of carbonyl (C=O) groups is 1. The molecular formula is C15H23N3O. The van der Waals surface area contributed by atoms with Crippen molar-refractivity contribution in [3.8, 4) is 0 Å². The van der Waals surface area contributed by atoms with Gasteiger partial charge >= 0.3 is 0 Å². The van der Waals surface area contributed by atoms with Crippen molar-refractivity contribution in [1.29, 1.82) is 0 Å². The van der Waals surface area contributed by atoms with Gasteiger partial charge in [-0.3, -0.25) is 4.79 Å². The molecule has 1 aliphatic rings. The largest absolute Gasteiger partial charge is 0.369 e. The summed E-state index contributed by atoms with van der Waals surface area (Å²) in [5.74, 6) is 0.0595. The second-order valence-corrected chi connectivity index (χ2v) is 4.87. The van der Waals surface area contributed by atoms with Gasteiger partial charge in [-0.25, -0.2) is 0 Å². The molecule has 0 aliphatic carbocycles. The third-order valence-electron chi connectivity index (χ3n) is 3.66. The molecule has 4 heteroatoms. The summed E-state index contributed by atoms with van der Waals surface area (Å²) in [6.45, 7) is 9.62. The van der Waals surface area contributed by atoms with Gasteiger partial charge in [0.25, 0.3) is 0 Å². The summed E-state index contributed by atoms with van der Waals surface area (Å²) in [6, 6.07) is 8.14. The quantitative estimate of drug-likeness (QED) is 0.902. The molecule has 0 atom stereocenters. The van der Waals surface area contributed by atoms with Crippen molar-refractivity contribution in [3.63, 3.8) is 0 Å². The fourth-order valence-electron chi connectivity index (χ4n) is 2.33. The highest BCUT2D eigenvalue weighted by Crippen LogP contribution is 2.19. The molecule has 1 heterocycles. The van der Waals surface area contributed by atoms with Crippen LogP contribution in [-0.4, -0.2) is 43.5 Å². The fourth-order valence-corrected chi connectivity index (χ4v) is 2.33. The molecule has 1 fully saturated rings. The molecule has 104 valence electrons. The first kappa shape index (κ1) is 13.9. The van der Waals surface area contributed by atoms with Crippen molar-refractivity contribution in [3.05, 3.63) is 24.3 Å². The standard InChI is InChI=1S/C15H23N3O/c1-3-15(19)16-13-5-7-14(8-6-13)18-11-9-17(4-2)10-12-18/h5-8H,3-4,9-12H2,1-2H3,(H,16,19). The lowest BCUT2D eigenvalue weighted by Crippen LogP contribution is -2.46. The van der Waals surface area contributed by atoms with Crippen LogP contribution in [0.5, 0.6) is 0 Å². The molecule has 0 radical (unpaired) electrons. The first-order valence-corrected chi connectivity index (χ1v) is 7.10. The highest BCUT2D eigenvalue weighted by Gasteiger charge is 2.15. The van der Waals surface area contributed by atoms with Crippen molar-refractivity contribution < 1.29 is 4.79 Å². The number of anilines is 2. The molecule has 1 aliphatic heterocycles.